The molecule has 0 aliphatic carbocycles. The number of phosphoric ester groups is 2. The molecule has 0 aromatic rings. The third-order valence-corrected chi connectivity index (χ3v) is 17.8. The smallest absolute Gasteiger partial charge is 0.462 e. The third kappa shape index (κ3) is 58.2. The van der Waals surface area contributed by atoms with Crippen molar-refractivity contribution in [2.24, 2.45) is 11.8 Å². The number of carbonyl (C=O) groups is 4. The zero-order valence-corrected chi connectivity index (χ0v) is 56.7. The molecule has 4 unspecified atom stereocenters. The van der Waals surface area contributed by atoms with Crippen molar-refractivity contribution in [3.05, 3.63) is 0 Å². The van der Waals surface area contributed by atoms with Gasteiger partial charge in [0, 0.05) is 25.7 Å². The van der Waals surface area contributed by atoms with Crippen LogP contribution in [0.1, 0.15) is 330 Å². The zero-order chi connectivity index (χ0) is 62.9. The Morgan fingerprint density at radius 1 is 0.329 bits per heavy atom. The summed E-state index contributed by atoms with van der Waals surface area (Å²) in [7, 11) is -9.89. The molecule has 3 N–H and O–H groups in total. The maximum atomic E-state index is 13.0. The van der Waals surface area contributed by atoms with Gasteiger partial charge in [0.25, 0.3) is 0 Å². The first kappa shape index (κ1) is 83.1. The number of phosphoric acid groups is 2. The van der Waals surface area contributed by atoms with Crippen LogP contribution in [0.5, 0.6) is 0 Å². The topological polar surface area (TPSA) is 237 Å². The van der Waals surface area contributed by atoms with Crippen molar-refractivity contribution in [3.8, 4) is 0 Å². The second-order valence-electron chi connectivity index (χ2n) is 24.3. The Morgan fingerprint density at radius 3 is 0.835 bits per heavy atom. The summed E-state index contributed by atoms with van der Waals surface area (Å²) in [6.45, 7) is 9.50. The average Bonchev–Trinajstić information content (AvgIpc) is 3.60. The summed E-state index contributed by atoms with van der Waals surface area (Å²) >= 11 is 0. The van der Waals surface area contributed by atoms with Gasteiger partial charge in [-0.15, -0.1) is 0 Å². The summed E-state index contributed by atoms with van der Waals surface area (Å²) in [5.74, 6) is -0.584. The molecule has 7 atom stereocenters. The van der Waals surface area contributed by atoms with E-state index in [1.165, 1.54) is 148 Å². The largest absolute Gasteiger partial charge is 0.472 e. The molecule has 0 spiro atoms. The van der Waals surface area contributed by atoms with Crippen LogP contribution in [-0.2, 0) is 65.4 Å². The Balaban J connectivity index is 5.26. The molecule has 0 bridgehead atoms. The highest BCUT2D eigenvalue weighted by molar-refractivity contribution is 7.47. The quantitative estimate of drug-likeness (QED) is 0.0222. The molecule has 0 aromatic heterocycles. The summed E-state index contributed by atoms with van der Waals surface area (Å²) in [4.78, 5) is 72.3. The SMILES string of the molecule is CCCCCCCCCCCCCC(=O)O[C@H](COC(=O)CCCCCCCCCCCC)COP(=O)(O)OC[C@H](O)COP(=O)(O)OC[C@@H](COC(=O)CCCCCCCCCCC(C)CC)OC(=O)CCCCCCCCCCC(C)CC. The lowest BCUT2D eigenvalue weighted by Gasteiger charge is -2.21. The number of ether oxygens (including phenoxy) is 4. The van der Waals surface area contributed by atoms with Crippen LogP contribution in [-0.4, -0.2) is 96.7 Å². The lowest BCUT2D eigenvalue weighted by molar-refractivity contribution is -0.161. The molecular weight excluding hydrogens is 1130 g/mol. The minimum absolute atomic E-state index is 0.104. The maximum absolute atomic E-state index is 13.0. The van der Waals surface area contributed by atoms with Crippen LogP contribution in [0.4, 0.5) is 0 Å². The van der Waals surface area contributed by atoms with Gasteiger partial charge in [-0.2, -0.15) is 0 Å². The first-order valence-corrected chi connectivity index (χ1v) is 37.6. The molecule has 85 heavy (non-hydrogen) atoms. The predicted octanol–water partition coefficient (Wildman–Crippen LogP) is 18.4. The van der Waals surface area contributed by atoms with Crippen LogP contribution in [0, 0.1) is 11.8 Å². The van der Waals surface area contributed by atoms with Crippen molar-refractivity contribution >= 4 is 39.5 Å². The van der Waals surface area contributed by atoms with E-state index in [0.29, 0.717) is 25.7 Å². The van der Waals surface area contributed by atoms with Crippen LogP contribution in [0.2, 0.25) is 0 Å². The lowest BCUT2D eigenvalue weighted by Crippen LogP contribution is -2.30. The summed E-state index contributed by atoms with van der Waals surface area (Å²) < 4.78 is 68.1. The molecule has 0 aliphatic rings. The number of rotatable bonds is 65. The fourth-order valence-electron chi connectivity index (χ4n) is 9.82. The van der Waals surface area contributed by atoms with E-state index >= 15 is 0 Å². The summed E-state index contributed by atoms with van der Waals surface area (Å²) in [6, 6.07) is 0. The third-order valence-electron chi connectivity index (χ3n) is 15.9. The van der Waals surface area contributed by atoms with Gasteiger partial charge in [-0.25, -0.2) is 9.13 Å². The molecule has 0 aromatic carbocycles. The van der Waals surface area contributed by atoms with Crippen molar-refractivity contribution in [2.45, 2.75) is 349 Å². The van der Waals surface area contributed by atoms with Gasteiger partial charge in [-0.1, -0.05) is 279 Å². The molecular formula is C66H128O17P2. The van der Waals surface area contributed by atoms with Gasteiger partial charge in [-0.05, 0) is 37.5 Å². The molecule has 0 radical (unpaired) electrons. The standard InChI is InChI=1S/C66H128O17P2/c1-7-11-13-15-17-19-21-23-32-38-44-50-65(70)82-61(54-76-63(68)48-42-36-30-22-20-18-16-14-12-8-2)56-80-84(72,73)78-52-60(67)53-79-85(74,75)81-57-62(83-66(71)51-45-39-33-27-25-29-35-41-47-59(6)10-4)55-77-64(69)49-43-37-31-26-24-28-34-40-46-58(5)9-3/h58-62,67H,7-57H2,1-6H3,(H,72,73)(H,74,75)/t58?,59?,60-,61+,62+/m0/s1. The molecule has 0 fully saturated rings. The first-order valence-electron chi connectivity index (χ1n) is 34.6. The van der Waals surface area contributed by atoms with E-state index in [4.69, 9.17) is 37.0 Å². The van der Waals surface area contributed by atoms with Crippen molar-refractivity contribution in [2.75, 3.05) is 39.6 Å². The Bertz CT molecular complexity index is 1670. The van der Waals surface area contributed by atoms with Crippen LogP contribution in [0.25, 0.3) is 0 Å². The molecule has 0 aliphatic heterocycles. The fourth-order valence-corrected chi connectivity index (χ4v) is 11.4. The molecule has 0 saturated carbocycles. The summed E-state index contributed by atoms with van der Waals surface area (Å²) in [5, 5.41) is 10.6. The van der Waals surface area contributed by atoms with Crippen molar-refractivity contribution in [3.63, 3.8) is 0 Å². The number of hydrogen-bond donors (Lipinski definition) is 3. The van der Waals surface area contributed by atoms with E-state index in [0.717, 1.165) is 102 Å². The molecule has 0 heterocycles. The molecule has 0 amide bonds. The van der Waals surface area contributed by atoms with Crippen LogP contribution in [0.15, 0.2) is 0 Å². The van der Waals surface area contributed by atoms with E-state index < -0.39 is 97.5 Å². The minimum Gasteiger partial charge on any atom is -0.462 e. The Hall–Kier alpha value is -1.94. The number of aliphatic hydroxyl groups excluding tert-OH is 1. The van der Waals surface area contributed by atoms with Crippen LogP contribution < -0.4 is 0 Å². The van der Waals surface area contributed by atoms with Gasteiger partial charge in [0.05, 0.1) is 26.4 Å². The highest BCUT2D eigenvalue weighted by Gasteiger charge is 2.30. The fraction of sp³-hybridized carbons (Fsp3) is 0.939. The zero-order valence-electron chi connectivity index (χ0n) is 54.9. The second kappa shape index (κ2) is 58.4. The van der Waals surface area contributed by atoms with Crippen molar-refractivity contribution in [1.82, 2.24) is 0 Å². The summed E-state index contributed by atoms with van der Waals surface area (Å²) in [5.41, 5.74) is 0. The Morgan fingerprint density at radius 2 is 0.565 bits per heavy atom. The molecule has 19 heteroatoms. The number of hydrogen-bond acceptors (Lipinski definition) is 15. The normalized spacial score (nSPS) is 14.9. The Kier molecular flexibility index (Phi) is 57.1. The van der Waals surface area contributed by atoms with E-state index in [-0.39, 0.29) is 25.7 Å². The monoisotopic (exact) mass is 1250 g/mol. The van der Waals surface area contributed by atoms with Gasteiger partial charge in [-0.3, -0.25) is 37.3 Å². The van der Waals surface area contributed by atoms with Crippen LogP contribution in [0.3, 0.4) is 0 Å². The van der Waals surface area contributed by atoms with Gasteiger partial charge < -0.3 is 33.8 Å². The number of carbonyl (C=O) groups excluding carboxylic acids is 4. The minimum atomic E-state index is -4.95. The maximum Gasteiger partial charge on any atom is 0.472 e. The van der Waals surface area contributed by atoms with Gasteiger partial charge in [0.1, 0.15) is 19.3 Å². The predicted molar refractivity (Wildman–Crippen MR) is 340 cm³/mol. The molecule has 0 saturated heterocycles. The number of esters is 4. The number of unbranched alkanes of at least 4 members (excludes halogenated alkanes) is 33. The number of aliphatic hydroxyl groups is 1. The van der Waals surface area contributed by atoms with E-state index in [9.17, 15) is 43.2 Å². The molecule has 0 rings (SSSR count). The van der Waals surface area contributed by atoms with Crippen molar-refractivity contribution < 1.29 is 80.2 Å². The highest BCUT2D eigenvalue weighted by Crippen LogP contribution is 2.45. The van der Waals surface area contributed by atoms with Crippen LogP contribution >= 0.6 is 15.6 Å². The molecule has 504 valence electrons. The van der Waals surface area contributed by atoms with E-state index in [2.05, 4.69) is 41.5 Å². The van der Waals surface area contributed by atoms with Gasteiger partial charge in [0.2, 0.25) is 0 Å². The van der Waals surface area contributed by atoms with Gasteiger partial charge >= 0.3 is 39.5 Å². The van der Waals surface area contributed by atoms with Gasteiger partial charge in [0.15, 0.2) is 12.2 Å². The second-order valence-corrected chi connectivity index (χ2v) is 27.2. The average molecular weight is 1260 g/mol. The van der Waals surface area contributed by atoms with Crippen molar-refractivity contribution in [1.29, 1.82) is 0 Å². The Labute approximate surface area is 517 Å². The van der Waals surface area contributed by atoms with E-state index in [1.807, 2.05) is 0 Å². The summed E-state index contributed by atoms with van der Waals surface area (Å²) in [6.07, 6.45) is 41.4. The highest BCUT2D eigenvalue weighted by atomic mass is 31.2. The first-order chi connectivity index (χ1) is 40.9. The molecule has 17 nitrogen and oxygen atoms in total. The lowest BCUT2D eigenvalue weighted by atomic mass is 9.99. The van der Waals surface area contributed by atoms with E-state index in [1.54, 1.807) is 0 Å².